The highest BCUT2D eigenvalue weighted by Gasteiger charge is 2.19. The van der Waals surface area contributed by atoms with Gasteiger partial charge in [-0.3, -0.25) is 4.79 Å². The Balaban J connectivity index is 0.00000324. The highest BCUT2D eigenvalue weighted by Crippen LogP contribution is 2.25. The summed E-state index contributed by atoms with van der Waals surface area (Å²) < 4.78 is 0. The third-order valence-electron chi connectivity index (χ3n) is 3.00. The van der Waals surface area contributed by atoms with Gasteiger partial charge in [0.25, 0.3) is 0 Å². The number of halogens is 3. The molecule has 1 amide bonds. The summed E-state index contributed by atoms with van der Waals surface area (Å²) in [4.78, 5) is 11.9. The van der Waals surface area contributed by atoms with Crippen LogP contribution in [-0.4, -0.2) is 11.9 Å². The first-order valence-corrected chi connectivity index (χ1v) is 6.59. The van der Waals surface area contributed by atoms with Crippen LogP contribution >= 0.6 is 35.6 Å². The van der Waals surface area contributed by atoms with Crippen LogP contribution in [0.2, 0.25) is 10.0 Å². The van der Waals surface area contributed by atoms with Crippen LogP contribution in [0.4, 0.5) is 0 Å². The number of amides is 1. The molecule has 19 heavy (non-hydrogen) atoms. The molecule has 3 atom stereocenters. The van der Waals surface area contributed by atoms with Crippen molar-refractivity contribution in [1.82, 2.24) is 5.32 Å². The number of carbonyl (C=O) groups excluding carboxylic acids is 1. The fraction of sp³-hybridized carbons (Fsp3) is 0.462. The second kappa shape index (κ2) is 7.95. The van der Waals surface area contributed by atoms with Crippen LogP contribution in [0.25, 0.3) is 0 Å². The van der Waals surface area contributed by atoms with Crippen molar-refractivity contribution in [1.29, 1.82) is 0 Å². The van der Waals surface area contributed by atoms with E-state index in [1.54, 1.807) is 12.1 Å². The zero-order valence-electron chi connectivity index (χ0n) is 11.1. The van der Waals surface area contributed by atoms with E-state index >= 15 is 0 Å². The first-order chi connectivity index (χ1) is 8.32. The lowest BCUT2D eigenvalue weighted by Gasteiger charge is -2.20. The Hall–Kier alpha value is -0.480. The first kappa shape index (κ1) is 18.5. The van der Waals surface area contributed by atoms with Crippen molar-refractivity contribution >= 4 is 41.5 Å². The lowest BCUT2D eigenvalue weighted by molar-refractivity contribution is -0.125. The van der Waals surface area contributed by atoms with Crippen LogP contribution in [0.15, 0.2) is 18.2 Å². The van der Waals surface area contributed by atoms with E-state index in [2.05, 4.69) is 5.32 Å². The summed E-state index contributed by atoms with van der Waals surface area (Å²) in [6.45, 7) is 5.51. The van der Waals surface area contributed by atoms with E-state index in [0.29, 0.717) is 10.0 Å². The number of nitrogens with one attached hydrogen (secondary N) is 1. The highest BCUT2D eigenvalue weighted by atomic mass is 35.5. The standard InChI is InChI=1S/C13H18Cl2N2O.ClH/c1-7(8(2)16)13(18)17-9(3)10-4-5-11(14)12(15)6-10;/h4-9H,16H2,1-3H3,(H,17,18);1H. The summed E-state index contributed by atoms with van der Waals surface area (Å²) in [7, 11) is 0. The fourth-order valence-electron chi connectivity index (χ4n) is 1.45. The average Bonchev–Trinajstić information content (AvgIpc) is 2.31. The van der Waals surface area contributed by atoms with Gasteiger partial charge in [-0.1, -0.05) is 36.2 Å². The molecule has 3 nitrogen and oxygen atoms in total. The van der Waals surface area contributed by atoms with Gasteiger partial charge in [-0.05, 0) is 31.5 Å². The number of nitrogens with two attached hydrogens (primary N) is 1. The largest absolute Gasteiger partial charge is 0.349 e. The van der Waals surface area contributed by atoms with E-state index in [9.17, 15) is 4.79 Å². The molecule has 0 saturated heterocycles. The van der Waals surface area contributed by atoms with Crippen molar-refractivity contribution < 1.29 is 4.79 Å². The Morgan fingerprint density at radius 2 is 1.79 bits per heavy atom. The Bertz CT molecular complexity index is 438. The van der Waals surface area contributed by atoms with Crippen molar-refractivity contribution in [2.24, 2.45) is 11.7 Å². The Labute approximate surface area is 130 Å². The minimum Gasteiger partial charge on any atom is -0.349 e. The average molecular weight is 326 g/mol. The second-order valence-corrected chi connectivity index (χ2v) is 5.37. The molecule has 6 heteroatoms. The molecule has 0 radical (unpaired) electrons. The third-order valence-corrected chi connectivity index (χ3v) is 3.74. The highest BCUT2D eigenvalue weighted by molar-refractivity contribution is 6.42. The molecule has 108 valence electrons. The van der Waals surface area contributed by atoms with Gasteiger partial charge in [0.05, 0.1) is 16.1 Å². The monoisotopic (exact) mass is 324 g/mol. The molecule has 1 aromatic carbocycles. The molecule has 1 aromatic rings. The van der Waals surface area contributed by atoms with Crippen LogP contribution in [0.5, 0.6) is 0 Å². The minimum absolute atomic E-state index is 0. The van der Waals surface area contributed by atoms with Crippen molar-refractivity contribution in [2.75, 3.05) is 0 Å². The maximum Gasteiger partial charge on any atom is 0.224 e. The molecule has 0 saturated carbocycles. The van der Waals surface area contributed by atoms with Crippen molar-refractivity contribution in [3.8, 4) is 0 Å². The van der Waals surface area contributed by atoms with Gasteiger partial charge in [0.1, 0.15) is 0 Å². The van der Waals surface area contributed by atoms with E-state index in [1.165, 1.54) is 0 Å². The molecule has 0 heterocycles. The van der Waals surface area contributed by atoms with E-state index in [0.717, 1.165) is 5.56 Å². The van der Waals surface area contributed by atoms with Gasteiger partial charge in [0.2, 0.25) is 5.91 Å². The summed E-state index contributed by atoms with van der Waals surface area (Å²) >= 11 is 11.8. The molecule has 0 aliphatic carbocycles. The molecule has 3 N–H and O–H groups in total. The van der Waals surface area contributed by atoms with Crippen molar-refractivity contribution in [2.45, 2.75) is 32.9 Å². The predicted molar refractivity (Wildman–Crippen MR) is 83.1 cm³/mol. The Kier molecular flexibility index (Phi) is 7.75. The van der Waals surface area contributed by atoms with Gasteiger partial charge in [-0.15, -0.1) is 12.4 Å². The summed E-state index contributed by atoms with van der Waals surface area (Å²) in [5.41, 5.74) is 6.61. The zero-order valence-corrected chi connectivity index (χ0v) is 13.4. The van der Waals surface area contributed by atoms with E-state index < -0.39 is 0 Å². The van der Waals surface area contributed by atoms with Gasteiger partial charge in [0.15, 0.2) is 0 Å². The quantitative estimate of drug-likeness (QED) is 0.889. The van der Waals surface area contributed by atoms with E-state index in [1.807, 2.05) is 26.8 Å². The lowest BCUT2D eigenvalue weighted by atomic mass is 10.0. The molecule has 0 aliphatic rings. The summed E-state index contributed by atoms with van der Waals surface area (Å²) in [6, 6.07) is 5.01. The van der Waals surface area contributed by atoms with Gasteiger partial charge in [-0.2, -0.15) is 0 Å². The van der Waals surface area contributed by atoms with Crippen molar-refractivity contribution in [3.05, 3.63) is 33.8 Å². The molecular formula is C13H19Cl3N2O. The van der Waals surface area contributed by atoms with Gasteiger partial charge >= 0.3 is 0 Å². The predicted octanol–water partition coefficient (Wildman–Crippen LogP) is 3.58. The van der Waals surface area contributed by atoms with E-state index in [-0.39, 0.29) is 36.3 Å². The molecule has 0 aliphatic heterocycles. The maximum absolute atomic E-state index is 11.9. The van der Waals surface area contributed by atoms with Gasteiger partial charge in [0, 0.05) is 12.0 Å². The summed E-state index contributed by atoms with van der Waals surface area (Å²) in [6.07, 6.45) is 0. The minimum atomic E-state index is -0.227. The first-order valence-electron chi connectivity index (χ1n) is 5.83. The smallest absolute Gasteiger partial charge is 0.224 e. The topological polar surface area (TPSA) is 55.1 Å². The molecule has 0 bridgehead atoms. The van der Waals surface area contributed by atoms with Crippen LogP contribution in [0.3, 0.4) is 0 Å². The zero-order chi connectivity index (χ0) is 13.9. The van der Waals surface area contributed by atoms with Crippen LogP contribution < -0.4 is 11.1 Å². The fourth-order valence-corrected chi connectivity index (χ4v) is 1.76. The van der Waals surface area contributed by atoms with E-state index in [4.69, 9.17) is 28.9 Å². The lowest BCUT2D eigenvalue weighted by Crippen LogP contribution is -2.39. The molecule has 0 aromatic heterocycles. The Morgan fingerprint density at radius 3 is 2.26 bits per heavy atom. The molecule has 1 rings (SSSR count). The molecule has 0 fully saturated rings. The number of hydrogen-bond acceptors (Lipinski definition) is 2. The van der Waals surface area contributed by atoms with Crippen LogP contribution in [-0.2, 0) is 4.79 Å². The van der Waals surface area contributed by atoms with Crippen molar-refractivity contribution in [3.63, 3.8) is 0 Å². The number of benzene rings is 1. The SMILES string of the molecule is CC(NC(=O)C(C)C(C)N)c1ccc(Cl)c(Cl)c1.Cl. The number of hydrogen-bond donors (Lipinski definition) is 2. The van der Waals surface area contributed by atoms with Crippen LogP contribution in [0, 0.1) is 5.92 Å². The van der Waals surface area contributed by atoms with Gasteiger partial charge < -0.3 is 11.1 Å². The molecular weight excluding hydrogens is 307 g/mol. The number of rotatable bonds is 4. The van der Waals surface area contributed by atoms with Gasteiger partial charge in [-0.25, -0.2) is 0 Å². The maximum atomic E-state index is 11.9. The number of carbonyl (C=O) groups is 1. The Morgan fingerprint density at radius 1 is 1.21 bits per heavy atom. The summed E-state index contributed by atoms with van der Waals surface area (Å²) in [5, 5.41) is 3.89. The second-order valence-electron chi connectivity index (χ2n) is 4.55. The molecule has 0 spiro atoms. The normalized spacial score (nSPS) is 15.1. The molecule has 3 unspecified atom stereocenters. The third kappa shape index (κ3) is 5.19. The summed E-state index contributed by atoms with van der Waals surface area (Å²) in [5.74, 6) is -0.293. The van der Waals surface area contributed by atoms with Crippen LogP contribution in [0.1, 0.15) is 32.4 Å².